The molecular weight excluding hydrogens is 228 g/mol. The molecule has 0 spiro atoms. The van der Waals surface area contributed by atoms with Crippen LogP contribution in [0, 0.1) is 18.3 Å². The predicted octanol–water partition coefficient (Wildman–Crippen LogP) is 3.11. The Bertz CT molecular complexity index is 505. The van der Waals surface area contributed by atoms with Crippen LogP contribution in [-0.2, 0) is 0 Å². The standard InChI is InChI=1S/C10H7BrN2/c1-6-7(5-12)4-9(11)8-2-3-13-10(6)8/h2-4,13H,1H3. The maximum atomic E-state index is 8.86. The van der Waals surface area contributed by atoms with Crippen LogP contribution in [0.15, 0.2) is 22.8 Å². The van der Waals surface area contributed by atoms with Crippen LogP contribution in [0.3, 0.4) is 0 Å². The molecule has 0 saturated carbocycles. The molecule has 0 fully saturated rings. The highest BCUT2D eigenvalue weighted by Crippen LogP contribution is 2.28. The van der Waals surface area contributed by atoms with Crippen LogP contribution < -0.4 is 0 Å². The van der Waals surface area contributed by atoms with Crippen molar-refractivity contribution in [3.05, 3.63) is 33.9 Å². The predicted molar refractivity (Wildman–Crippen MR) is 55.5 cm³/mol. The highest BCUT2D eigenvalue weighted by Gasteiger charge is 2.07. The van der Waals surface area contributed by atoms with Gasteiger partial charge in [-0.1, -0.05) is 15.9 Å². The minimum absolute atomic E-state index is 0.710. The van der Waals surface area contributed by atoms with Crippen LogP contribution in [-0.4, -0.2) is 4.98 Å². The summed E-state index contributed by atoms with van der Waals surface area (Å²) in [4.78, 5) is 3.12. The Kier molecular flexibility index (Phi) is 1.86. The topological polar surface area (TPSA) is 39.6 Å². The number of hydrogen-bond donors (Lipinski definition) is 1. The van der Waals surface area contributed by atoms with Gasteiger partial charge in [0.05, 0.1) is 17.1 Å². The Morgan fingerprint density at radius 1 is 1.54 bits per heavy atom. The minimum atomic E-state index is 0.710. The van der Waals surface area contributed by atoms with Gasteiger partial charge in [0.25, 0.3) is 0 Å². The fraction of sp³-hybridized carbons (Fsp3) is 0.100. The maximum Gasteiger partial charge on any atom is 0.0995 e. The number of fused-ring (bicyclic) bond motifs is 1. The first-order chi connectivity index (χ1) is 6.24. The van der Waals surface area contributed by atoms with Crippen molar-refractivity contribution < 1.29 is 0 Å². The fourth-order valence-corrected chi connectivity index (χ4v) is 2.00. The molecule has 0 saturated heterocycles. The molecular formula is C10H7BrN2. The van der Waals surface area contributed by atoms with E-state index in [4.69, 9.17) is 5.26 Å². The van der Waals surface area contributed by atoms with E-state index in [9.17, 15) is 0 Å². The Morgan fingerprint density at radius 3 is 3.00 bits per heavy atom. The first-order valence-corrected chi connectivity index (χ1v) is 4.69. The summed E-state index contributed by atoms with van der Waals surface area (Å²) in [7, 11) is 0. The zero-order valence-electron chi connectivity index (χ0n) is 7.06. The van der Waals surface area contributed by atoms with Gasteiger partial charge >= 0.3 is 0 Å². The van der Waals surface area contributed by atoms with Crippen molar-refractivity contribution >= 4 is 26.8 Å². The van der Waals surface area contributed by atoms with Gasteiger partial charge in [0.2, 0.25) is 0 Å². The monoisotopic (exact) mass is 234 g/mol. The van der Waals surface area contributed by atoms with Crippen LogP contribution in [0.2, 0.25) is 0 Å². The molecule has 0 radical (unpaired) electrons. The molecule has 1 aromatic carbocycles. The number of nitriles is 1. The number of H-pyrrole nitrogens is 1. The molecule has 1 N–H and O–H groups in total. The number of halogens is 1. The number of rotatable bonds is 0. The first kappa shape index (κ1) is 8.33. The van der Waals surface area contributed by atoms with Gasteiger partial charge in [-0.3, -0.25) is 0 Å². The second-order valence-corrected chi connectivity index (χ2v) is 3.76. The number of aromatic nitrogens is 1. The maximum absolute atomic E-state index is 8.86. The van der Waals surface area contributed by atoms with Gasteiger partial charge in [0.1, 0.15) is 0 Å². The van der Waals surface area contributed by atoms with E-state index in [1.807, 2.05) is 25.3 Å². The van der Waals surface area contributed by atoms with E-state index in [2.05, 4.69) is 27.0 Å². The van der Waals surface area contributed by atoms with Crippen LogP contribution in [0.5, 0.6) is 0 Å². The highest BCUT2D eigenvalue weighted by molar-refractivity contribution is 9.10. The van der Waals surface area contributed by atoms with Gasteiger partial charge in [-0.05, 0) is 24.6 Å². The molecule has 1 aromatic heterocycles. The first-order valence-electron chi connectivity index (χ1n) is 3.90. The SMILES string of the molecule is Cc1c(C#N)cc(Br)c2cc[nH]c12. The smallest absolute Gasteiger partial charge is 0.0995 e. The van der Waals surface area contributed by atoms with Crippen molar-refractivity contribution in [3.63, 3.8) is 0 Å². The van der Waals surface area contributed by atoms with Gasteiger partial charge in [-0.25, -0.2) is 0 Å². The molecule has 2 nitrogen and oxygen atoms in total. The molecule has 0 aliphatic heterocycles. The second-order valence-electron chi connectivity index (χ2n) is 2.91. The molecule has 0 amide bonds. The zero-order valence-corrected chi connectivity index (χ0v) is 8.64. The number of nitrogens with zero attached hydrogens (tertiary/aromatic N) is 1. The molecule has 0 unspecified atom stereocenters. The van der Waals surface area contributed by atoms with Crippen molar-refractivity contribution in [1.29, 1.82) is 5.26 Å². The lowest BCUT2D eigenvalue weighted by molar-refractivity contribution is 1.38. The number of aryl methyl sites for hydroxylation is 1. The molecule has 13 heavy (non-hydrogen) atoms. The van der Waals surface area contributed by atoms with Crippen LogP contribution in [0.25, 0.3) is 10.9 Å². The molecule has 64 valence electrons. The minimum Gasteiger partial charge on any atom is -0.361 e. The van der Waals surface area contributed by atoms with Crippen molar-refractivity contribution in [2.45, 2.75) is 6.92 Å². The molecule has 0 atom stereocenters. The normalized spacial score (nSPS) is 10.2. The lowest BCUT2D eigenvalue weighted by atomic mass is 10.1. The molecule has 3 heteroatoms. The van der Waals surface area contributed by atoms with Gasteiger partial charge in [0, 0.05) is 16.1 Å². The van der Waals surface area contributed by atoms with Crippen molar-refractivity contribution in [3.8, 4) is 6.07 Å². The Hall–Kier alpha value is -1.27. The molecule has 0 aliphatic carbocycles. The second kappa shape index (κ2) is 2.90. The van der Waals surface area contributed by atoms with Gasteiger partial charge in [-0.15, -0.1) is 0 Å². The summed E-state index contributed by atoms with van der Waals surface area (Å²) in [5, 5.41) is 9.98. The third-order valence-corrected chi connectivity index (χ3v) is 2.83. The van der Waals surface area contributed by atoms with E-state index in [0.29, 0.717) is 5.56 Å². The van der Waals surface area contributed by atoms with Crippen molar-refractivity contribution in [2.75, 3.05) is 0 Å². The van der Waals surface area contributed by atoms with E-state index in [-0.39, 0.29) is 0 Å². The van der Waals surface area contributed by atoms with Gasteiger partial charge < -0.3 is 4.98 Å². The zero-order chi connectivity index (χ0) is 9.42. The van der Waals surface area contributed by atoms with Crippen molar-refractivity contribution in [2.24, 2.45) is 0 Å². The van der Waals surface area contributed by atoms with E-state index >= 15 is 0 Å². The average Bonchev–Trinajstić information content (AvgIpc) is 2.60. The summed E-state index contributed by atoms with van der Waals surface area (Å²) >= 11 is 3.43. The Morgan fingerprint density at radius 2 is 2.31 bits per heavy atom. The quantitative estimate of drug-likeness (QED) is 0.748. The Labute approximate surface area is 84.3 Å². The number of nitrogens with one attached hydrogen (secondary N) is 1. The van der Waals surface area contributed by atoms with E-state index in [0.717, 1.165) is 20.9 Å². The van der Waals surface area contributed by atoms with Crippen LogP contribution in [0.1, 0.15) is 11.1 Å². The van der Waals surface area contributed by atoms with Crippen molar-refractivity contribution in [1.82, 2.24) is 4.98 Å². The van der Waals surface area contributed by atoms with Gasteiger partial charge in [0.15, 0.2) is 0 Å². The van der Waals surface area contributed by atoms with Crippen LogP contribution >= 0.6 is 15.9 Å². The molecule has 2 aromatic rings. The molecule has 0 bridgehead atoms. The fourth-order valence-electron chi connectivity index (χ4n) is 1.44. The summed E-state index contributed by atoms with van der Waals surface area (Å²) < 4.78 is 0.964. The van der Waals surface area contributed by atoms with Gasteiger partial charge in [-0.2, -0.15) is 5.26 Å². The lowest BCUT2D eigenvalue weighted by Gasteiger charge is -2.01. The van der Waals surface area contributed by atoms with E-state index in [1.54, 1.807) is 0 Å². The molecule has 1 heterocycles. The van der Waals surface area contributed by atoms with E-state index in [1.165, 1.54) is 0 Å². The third kappa shape index (κ3) is 1.14. The summed E-state index contributed by atoms with van der Waals surface area (Å²) in [6.45, 7) is 1.95. The highest BCUT2D eigenvalue weighted by atomic mass is 79.9. The molecule has 0 aliphatic rings. The molecule has 2 rings (SSSR count). The summed E-state index contributed by atoms with van der Waals surface area (Å²) in [6, 6.07) is 6.01. The number of hydrogen-bond acceptors (Lipinski definition) is 1. The summed E-state index contributed by atoms with van der Waals surface area (Å²) in [5.74, 6) is 0. The number of aromatic amines is 1. The summed E-state index contributed by atoms with van der Waals surface area (Å²) in [6.07, 6.45) is 1.88. The van der Waals surface area contributed by atoms with E-state index < -0.39 is 0 Å². The average molecular weight is 235 g/mol. The summed E-state index contributed by atoms with van der Waals surface area (Å²) in [5.41, 5.74) is 2.75. The van der Waals surface area contributed by atoms with Crippen LogP contribution in [0.4, 0.5) is 0 Å². The third-order valence-electron chi connectivity index (χ3n) is 2.17. The number of benzene rings is 1. The largest absolute Gasteiger partial charge is 0.361 e. The lowest BCUT2D eigenvalue weighted by Crippen LogP contribution is -1.84. The Balaban J connectivity index is 2.95.